The number of hydrogen-bond acceptors (Lipinski definition) is 3. The molecule has 2 amide bonds. The molecule has 3 rings (SSSR count). The molecule has 0 saturated carbocycles. The fraction of sp³-hybridized carbons (Fsp3) is 0.556. The maximum absolute atomic E-state index is 12.4. The Morgan fingerprint density at radius 2 is 1.91 bits per heavy atom. The molecule has 2 heterocycles. The molecule has 0 radical (unpaired) electrons. The van der Waals surface area contributed by atoms with Crippen molar-refractivity contribution in [2.75, 3.05) is 33.4 Å². The van der Waals surface area contributed by atoms with Crippen LogP contribution in [0.4, 0.5) is 0 Å². The standard InChI is InChI=1S/C18H24N2O3/c1-23-13-17(22)19-9-7-18(8-10-19)11-16(21)20(14-18)12-15-5-3-2-4-6-15/h2-6H,7-14H2,1H3. The number of nitrogens with zero attached hydrogens (tertiary/aromatic N) is 2. The number of hydrogen-bond donors (Lipinski definition) is 0. The number of ether oxygens (including phenoxy) is 1. The van der Waals surface area contributed by atoms with E-state index >= 15 is 0 Å². The van der Waals surface area contributed by atoms with E-state index in [-0.39, 0.29) is 23.8 Å². The lowest BCUT2D eigenvalue weighted by molar-refractivity contribution is -0.137. The Balaban J connectivity index is 1.58. The van der Waals surface area contributed by atoms with Gasteiger partial charge in [0.05, 0.1) is 0 Å². The minimum atomic E-state index is 0.0489. The Morgan fingerprint density at radius 3 is 2.57 bits per heavy atom. The summed E-state index contributed by atoms with van der Waals surface area (Å²) in [4.78, 5) is 28.1. The molecule has 1 spiro atoms. The van der Waals surface area contributed by atoms with Crippen LogP contribution in [0.5, 0.6) is 0 Å². The molecule has 2 fully saturated rings. The van der Waals surface area contributed by atoms with Crippen molar-refractivity contribution < 1.29 is 14.3 Å². The van der Waals surface area contributed by atoms with Crippen LogP contribution in [0.2, 0.25) is 0 Å². The average molecular weight is 316 g/mol. The molecule has 0 bridgehead atoms. The van der Waals surface area contributed by atoms with Gasteiger partial charge in [0.25, 0.3) is 0 Å². The second-order valence-electron chi connectivity index (χ2n) is 6.73. The molecular weight excluding hydrogens is 292 g/mol. The van der Waals surface area contributed by atoms with Crippen molar-refractivity contribution >= 4 is 11.8 Å². The Morgan fingerprint density at radius 1 is 1.22 bits per heavy atom. The van der Waals surface area contributed by atoms with Gasteiger partial charge in [-0.1, -0.05) is 30.3 Å². The molecule has 0 N–H and O–H groups in total. The maximum atomic E-state index is 12.4. The van der Waals surface area contributed by atoms with Crippen LogP contribution in [0.1, 0.15) is 24.8 Å². The molecule has 124 valence electrons. The minimum Gasteiger partial charge on any atom is -0.375 e. The van der Waals surface area contributed by atoms with Crippen LogP contribution in [0.3, 0.4) is 0 Å². The predicted octanol–water partition coefficient (Wildman–Crippen LogP) is 1.67. The van der Waals surface area contributed by atoms with Gasteiger partial charge >= 0.3 is 0 Å². The van der Waals surface area contributed by atoms with Gasteiger partial charge in [0.1, 0.15) is 6.61 Å². The van der Waals surface area contributed by atoms with E-state index in [2.05, 4.69) is 12.1 Å². The zero-order chi connectivity index (χ0) is 16.3. The van der Waals surface area contributed by atoms with Gasteiger partial charge in [-0.05, 0) is 18.4 Å². The fourth-order valence-corrected chi connectivity index (χ4v) is 3.71. The molecule has 0 unspecified atom stereocenters. The fourth-order valence-electron chi connectivity index (χ4n) is 3.71. The van der Waals surface area contributed by atoms with Crippen molar-refractivity contribution in [3.05, 3.63) is 35.9 Å². The second-order valence-corrected chi connectivity index (χ2v) is 6.73. The summed E-state index contributed by atoms with van der Waals surface area (Å²) in [5.74, 6) is 0.290. The largest absolute Gasteiger partial charge is 0.375 e. The Bertz CT molecular complexity index is 565. The molecule has 23 heavy (non-hydrogen) atoms. The van der Waals surface area contributed by atoms with E-state index in [1.807, 2.05) is 28.0 Å². The van der Waals surface area contributed by atoms with Gasteiger partial charge in [-0.3, -0.25) is 9.59 Å². The van der Waals surface area contributed by atoms with Crippen LogP contribution < -0.4 is 0 Å². The first-order valence-corrected chi connectivity index (χ1v) is 8.20. The first-order valence-electron chi connectivity index (χ1n) is 8.20. The van der Waals surface area contributed by atoms with Crippen molar-refractivity contribution in [1.29, 1.82) is 0 Å². The summed E-state index contributed by atoms with van der Waals surface area (Å²) in [6, 6.07) is 10.1. The summed E-state index contributed by atoms with van der Waals surface area (Å²) in [5.41, 5.74) is 1.22. The van der Waals surface area contributed by atoms with Gasteiger partial charge in [0.2, 0.25) is 11.8 Å². The van der Waals surface area contributed by atoms with Gasteiger partial charge in [-0.15, -0.1) is 0 Å². The molecule has 1 aromatic carbocycles. The molecule has 5 heteroatoms. The van der Waals surface area contributed by atoms with E-state index < -0.39 is 0 Å². The van der Waals surface area contributed by atoms with Gasteiger partial charge in [0.15, 0.2) is 0 Å². The third-order valence-electron chi connectivity index (χ3n) is 5.07. The number of rotatable bonds is 4. The predicted molar refractivity (Wildman–Crippen MR) is 86.6 cm³/mol. The topological polar surface area (TPSA) is 49.9 Å². The smallest absolute Gasteiger partial charge is 0.248 e. The third kappa shape index (κ3) is 3.55. The van der Waals surface area contributed by atoms with E-state index in [1.165, 1.54) is 5.56 Å². The molecule has 0 atom stereocenters. The van der Waals surface area contributed by atoms with Crippen LogP contribution >= 0.6 is 0 Å². The first-order chi connectivity index (χ1) is 11.1. The SMILES string of the molecule is COCC(=O)N1CCC2(CC1)CC(=O)N(Cc1ccccc1)C2. The molecule has 5 nitrogen and oxygen atoms in total. The molecular formula is C18H24N2O3. The van der Waals surface area contributed by atoms with Crippen LogP contribution in [0.15, 0.2) is 30.3 Å². The molecule has 1 aromatic rings. The summed E-state index contributed by atoms with van der Waals surface area (Å²) in [7, 11) is 1.54. The van der Waals surface area contributed by atoms with Gasteiger partial charge in [-0.25, -0.2) is 0 Å². The van der Waals surface area contributed by atoms with E-state index in [0.717, 1.165) is 32.5 Å². The molecule has 0 aliphatic carbocycles. The van der Waals surface area contributed by atoms with E-state index in [0.29, 0.717) is 13.0 Å². The van der Waals surface area contributed by atoms with Crippen LogP contribution in [-0.2, 0) is 20.9 Å². The van der Waals surface area contributed by atoms with Crippen LogP contribution in [0, 0.1) is 5.41 Å². The Hall–Kier alpha value is -1.88. The van der Waals surface area contributed by atoms with Crippen LogP contribution in [-0.4, -0.2) is 55.0 Å². The summed E-state index contributed by atoms with van der Waals surface area (Å²) in [6.45, 7) is 3.11. The second kappa shape index (κ2) is 6.71. The monoisotopic (exact) mass is 316 g/mol. The minimum absolute atomic E-state index is 0.0489. The normalized spacial score (nSPS) is 20.3. The van der Waals surface area contributed by atoms with Crippen molar-refractivity contribution in [1.82, 2.24) is 9.80 Å². The third-order valence-corrected chi connectivity index (χ3v) is 5.07. The van der Waals surface area contributed by atoms with Crippen molar-refractivity contribution in [2.45, 2.75) is 25.8 Å². The van der Waals surface area contributed by atoms with Crippen molar-refractivity contribution in [3.63, 3.8) is 0 Å². The lowest BCUT2D eigenvalue weighted by Crippen LogP contribution is -2.45. The highest BCUT2D eigenvalue weighted by atomic mass is 16.5. The zero-order valence-corrected chi connectivity index (χ0v) is 13.7. The number of methoxy groups -OCH3 is 1. The lowest BCUT2D eigenvalue weighted by Gasteiger charge is -2.38. The number of carbonyl (C=O) groups excluding carboxylic acids is 2. The number of amides is 2. The van der Waals surface area contributed by atoms with Crippen LogP contribution in [0.25, 0.3) is 0 Å². The number of likely N-dealkylation sites (tertiary alicyclic amines) is 2. The number of carbonyl (C=O) groups is 2. The lowest BCUT2D eigenvalue weighted by atomic mass is 9.77. The van der Waals surface area contributed by atoms with E-state index in [4.69, 9.17) is 4.74 Å². The van der Waals surface area contributed by atoms with Gasteiger partial charge in [-0.2, -0.15) is 0 Å². The Kier molecular flexibility index (Phi) is 4.66. The van der Waals surface area contributed by atoms with Gasteiger partial charge < -0.3 is 14.5 Å². The van der Waals surface area contributed by atoms with Crippen molar-refractivity contribution in [2.24, 2.45) is 5.41 Å². The van der Waals surface area contributed by atoms with E-state index in [1.54, 1.807) is 7.11 Å². The maximum Gasteiger partial charge on any atom is 0.248 e. The molecule has 2 aliphatic heterocycles. The highest BCUT2D eigenvalue weighted by molar-refractivity contribution is 5.80. The summed E-state index contributed by atoms with van der Waals surface area (Å²) in [6.07, 6.45) is 2.42. The highest BCUT2D eigenvalue weighted by Gasteiger charge is 2.45. The first kappa shape index (κ1) is 16.0. The summed E-state index contributed by atoms with van der Waals surface area (Å²) < 4.78 is 4.92. The molecule has 0 aromatic heterocycles. The number of piperidine rings is 1. The summed E-state index contributed by atoms with van der Waals surface area (Å²) in [5, 5.41) is 0. The van der Waals surface area contributed by atoms with E-state index in [9.17, 15) is 9.59 Å². The average Bonchev–Trinajstić information content (AvgIpc) is 2.84. The zero-order valence-electron chi connectivity index (χ0n) is 13.7. The highest BCUT2D eigenvalue weighted by Crippen LogP contribution is 2.41. The number of benzene rings is 1. The Labute approximate surface area is 137 Å². The quantitative estimate of drug-likeness (QED) is 0.849. The van der Waals surface area contributed by atoms with Gasteiger partial charge in [0, 0.05) is 45.1 Å². The molecule has 2 aliphatic rings. The molecule has 2 saturated heterocycles. The summed E-state index contributed by atoms with van der Waals surface area (Å²) >= 11 is 0. The van der Waals surface area contributed by atoms with Crippen molar-refractivity contribution in [3.8, 4) is 0 Å².